The molecule has 28 heavy (non-hydrogen) atoms. The van der Waals surface area contributed by atoms with Gasteiger partial charge in [0, 0.05) is 39.1 Å². The van der Waals surface area contributed by atoms with Crippen LogP contribution >= 0.6 is 11.6 Å². The number of likely N-dealkylation sites (tertiary alicyclic amines) is 1. The van der Waals surface area contributed by atoms with Gasteiger partial charge in [-0.3, -0.25) is 9.59 Å². The van der Waals surface area contributed by atoms with Gasteiger partial charge in [0.25, 0.3) is 5.91 Å². The number of piperidine rings is 1. The van der Waals surface area contributed by atoms with Crippen molar-refractivity contribution in [3.8, 4) is 0 Å². The predicted molar refractivity (Wildman–Crippen MR) is 107 cm³/mol. The first kappa shape index (κ1) is 21.1. The Morgan fingerprint density at radius 1 is 1.00 bits per heavy atom. The van der Waals surface area contributed by atoms with E-state index in [0.717, 1.165) is 45.2 Å². The third-order valence-electron chi connectivity index (χ3n) is 5.22. The van der Waals surface area contributed by atoms with Crippen LogP contribution in [0.15, 0.2) is 23.1 Å². The first-order chi connectivity index (χ1) is 13.4. The molecule has 1 N–H and O–H groups in total. The fraction of sp³-hybridized carbons (Fsp3) is 0.579. The van der Waals surface area contributed by atoms with Crippen LogP contribution in [0.3, 0.4) is 0 Å². The zero-order valence-electron chi connectivity index (χ0n) is 15.8. The van der Waals surface area contributed by atoms with E-state index in [1.165, 1.54) is 22.5 Å². The molecule has 0 saturated carbocycles. The van der Waals surface area contributed by atoms with Crippen LogP contribution < -0.4 is 5.32 Å². The van der Waals surface area contributed by atoms with Crippen LogP contribution in [0.5, 0.6) is 0 Å². The Balaban J connectivity index is 1.65. The topological polar surface area (TPSA) is 86.8 Å². The Kier molecular flexibility index (Phi) is 6.95. The lowest BCUT2D eigenvalue weighted by Gasteiger charge is -2.26. The maximum atomic E-state index is 12.8. The molecule has 2 heterocycles. The van der Waals surface area contributed by atoms with E-state index < -0.39 is 15.9 Å². The molecule has 0 unspecified atom stereocenters. The maximum Gasteiger partial charge on any atom is 0.252 e. The highest BCUT2D eigenvalue weighted by Crippen LogP contribution is 2.25. The Labute approximate surface area is 171 Å². The summed E-state index contributed by atoms with van der Waals surface area (Å²) >= 11 is 6.13. The molecule has 154 valence electrons. The molecule has 9 heteroatoms. The van der Waals surface area contributed by atoms with Gasteiger partial charge in [0.2, 0.25) is 15.9 Å². The molecule has 0 aliphatic carbocycles. The summed E-state index contributed by atoms with van der Waals surface area (Å²) in [5, 5.41) is 2.85. The summed E-state index contributed by atoms with van der Waals surface area (Å²) in [5.41, 5.74) is 0.105. The van der Waals surface area contributed by atoms with Crippen LogP contribution in [0.2, 0.25) is 5.02 Å². The van der Waals surface area contributed by atoms with Crippen molar-refractivity contribution in [1.29, 1.82) is 0 Å². The summed E-state index contributed by atoms with van der Waals surface area (Å²) in [6.45, 7) is 2.72. The number of amides is 2. The van der Waals surface area contributed by atoms with Crippen molar-refractivity contribution >= 4 is 33.4 Å². The van der Waals surface area contributed by atoms with Crippen molar-refractivity contribution in [1.82, 2.24) is 14.5 Å². The smallest absolute Gasteiger partial charge is 0.252 e. The quantitative estimate of drug-likeness (QED) is 0.754. The van der Waals surface area contributed by atoms with E-state index in [-0.39, 0.29) is 34.4 Å². The highest BCUT2D eigenvalue weighted by molar-refractivity contribution is 7.89. The van der Waals surface area contributed by atoms with Crippen LogP contribution in [0.4, 0.5) is 0 Å². The fourth-order valence-electron chi connectivity index (χ4n) is 3.60. The Morgan fingerprint density at radius 3 is 2.32 bits per heavy atom. The van der Waals surface area contributed by atoms with E-state index in [0.29, 0.717) is 13.1 Å². The number of hydrogen-bond acceptors (Lipinski definition) is 4. The van der Waals surface area contributed by atoms with Crippen LogP contribution in [-0.4, -0.2) is 62.2 Å². The van der Waals surface area contributed by atoms with Gasteiger partial charge in [0.1, 0.15) is 0 Å². The number of benzene rings is 1. The van der Waals surface area contributed by atoms with Gasteiger partial charge in [-0.15, -0.1) is 0 Å². The Morgan fingerprint density at radius 2 is 1.64 bits per heavy atom. The zero-order valence-corrected chi connectivity index (χ0v) is 17.4. The largest absolute Gasteiger partial charge is 0.351 e. The van der Waals surface area contributed by atoms with E-state index in [2.05, 4.69) is 5.32 Å². The molecule has 0 atom stereocenters. The molecule has 1 aromatic carbocycles. The van der Waals surface area contributed by atoms with Gasteiger partial charge in [-0.25, -0.2) is 8.42 Å². The lowest BCUT2D eigenvalue weighted by Crippen LogP contribution is -2.36. The van der Waals surface area contributed by atoms with Crippen LogP contribution in [0, 0.1) is 0 Å². The highest BCUT2D eigenvalue weighted by atomic mass is 35.5. The van der Waals surface area contributed by atoms with Gasteiger partial charge in [-0.2, -0.15) is 4.31 Å². The number of rotatable bonds is 6. The van der Waals surface area contributed by atoms with Gasteiger partial charge in [-0.05, 0) is 43.9 Å². The van der Waals surface area contributed by atoms with Crippen molar-refractivity contribution in [3.63, 3.8) is 0 Å². The molecule has 2 saturated heterocycles. The van der Waals surface area contributed by atoms with Crippen molar-refractivity contribution < 1.29 is 18.0 Å². The lowest BCUT2D eigenvalue weighted by atomic mass is 10.2. The minimum absolute atomic E-state index is 0.0188. The normalized spacial score (nSPS) is 18.2. The van der Waals surface area contributed by atoms with E-state index in [4.69, 9.17) is 11.6 Å². The van der Waals surface area contributed by atoms with Gasteiger partial charge in [-0.1, -0.05) is 18.0 Å². The third-order valence-corrected chi connectivity index (χ3v) is 7.44. The van der Waals surface area contributed by atoms with Crippen LogP contribution in [0.1, 0.15) is 48.9 Å². The highest BCUT2D eigenvalue weighted by Gasteiger charge is 2.27. The summed E-state index contributed by atoms with van der Waals surface area (Å²) in [6, 6.07) is 4.19. The summed E-state index contributed by atoms with van der Waals surface area (Å²) in [6.07, 6.45) is 4.96. The molecule has 2 fully saturated rings. The Hall–Kier alpha value is -1.64. The summed E-state index contributed by atoms with van der Waals surface area (Å²) in [7, 11) is -3.65. The third kappa shape index (κ3) is 4.85. The van der Waals surface area contributed by atoms with E-state index in [1.807, 2.05) is 0 Å². The standard InChI is InChI=1S/C19H26ClN3O4S/c20-17-7-6-15(28(26,27)23-12-2-1-3-13-23)14-16(17)19(25)21-9-8-18(24)22-10-4-5-11-22/h6-7,14H,1-5,8-13H2,(H,21,25). The SMILES string of the molecule is O=C(NCCC(=O)N1CCCC1)c1cc(S(=O)(=O)N2CCCCC2)ccc1Cl. The minimum Gasteiger partial charge on any atom is -0.351 e. The second-order valence-electron chi connectivity index (χ2n) is 7.20. The number of carbonyl (C=O) groups excluding carboxylic acids is 2. The first-order valence-electron chi connectivity index (χ1n) is 9.75. The number of sulfonamides is 1. The van der Waals surface area contributed by atoms with E-state index >= 15 is 0 Å². The summed E-state index contributed by atoms with van der Waals surface area (Å²) < 4.78 is 27.1. The fourth-order valence-corrected chi connectivity index (χ4v) is 5.34. The number of nitrogens with one attached hydrogen (secondary N) is 1. The molecule has 0 aromatic heterocycles. The minimum atomic E-state index is -3.65. The van der Waals surface area contributed by atoms with Crippen LogP contribution in [-0.2, 0) is 14.8 Å². The molecule has 7 nitrogen and oxygen atoms in total. The van der Waals surface area contributed by atoms with Crippen molar-refractivity contribution in [2.45, 2.75) is 43.4 Å². The lowest BCUT2D eigenvalue weighted by molar-refractivity contribution is -0.129. The van der Waals surface area contributed by atoms with Crippen LogP contribution in [0.25, 0.3) is 0 Å². The predicted octanol–water partition coefficient (Wildman–Crippen LogP) is 2.26. The molecular weight excluding hydrogens is 402 g/mol. The number of halogens is 1. The van der Waals surface area contributed by atoms with Gasteiger partial charge >= 0.3 is 0 Å². The molecule has 1 aromatic rings. The van der Waals surface area contributed by atoms with Gasteiger partial charge < -0.3 is 10.2 Å². The number of hydrogen-bond donors (Lipinski definition) is 1. The average molecular weight is 428 g/mol. The molecular formula is C19H26ClN3O4S. The second-order valence-corrected chi connectivity index (χ2v) is 9.55. The summed E-state index contributed by atoms with van der Waals surface area (Å²) in [4.78, 5) is 26.4. The molecule has 2 aliphatic heterocycles. The second kappa shape index (κ2) is 9.24. The summed E-state index contributed by atoms with van der Waals surface area (Å²) in [5.74, 6) is -0.458. The van der Waals surface area contributed by atoms with Crippen molar-refractivity contribution in [2.75, 3.05) is 32.7 Å². The van der Waals surface area contributed by atoms with Crippen molar-refractivity contribution in [3.05, 3.63) is 28.8 Å². The van der Waals surface area contributed by atoms with Gasteiger partial charge in [0.05, 0.1) is 15.5 Å². The Bertz CT molecular complexity index is 832. The maximum absolute atomic E-state index is 12.8. The molecule has 0 spiro atoms. The van der Waals surface area contributed by atoms with E-state index in [1.54, 1.807) is 4.90 Å². The molecule has 0 bridgehead atoms. The number of nitrogens with zero attached hydrogens (tertiary/aromatic N) is 2. The monoisotopic (exact) mass is 427 g/mol. The molecule has 2 aliphatic rings. The first-order valence-corrected chi connectivity index (χ1v) is 11.6. The van der Waals surface area contributed by atoms with Gasteiger partial charge in [0.15, 0.2) is 0 Å². The van der Waals surface area contributed by atoms with E-state index in [9.17, 15) is 18.0 Å². The molecule has 0 radical (unpaired) electrons. The zero-order chi connectivity index (χ0) is 20.1. The molecule has 2 amide bonds. The number of carbonyl (C=O) groups is 2. The molecule has 3 rings (SSSR count). The van der Waals surface area contributed by atoms with Crippen molar-refractivity contribution in [2.24, 2.45) is 0 Å². The average Bonchev–Trinajstić information content (AvgIpc) is 3.23.